The molecule has 8 nitrogen and oxygen atoms in total. The normalized spacial score (nSPS) is 18.6. The van der Waals surface area contributed by atoms with Crippen molar-refractivity contribution in [1.29, 1.82) is 0 Å². The Morgan fingerprint density at radius 1 is 1.08 bits per heavy atom. The molecule has 2 aromatic rings. The van der Waals surface area contributed by atoms with Crippen LogP contribution in [0.2, 0.25) is 0 Å². The highest BCUT2D eigenvalue weighted by Gasteiger charge is 2.49. The minimum atomic E-state index is -4.34. The van der Waals surface area contributed by atoms with Crippen LogP contribution in [0.3, 0.4) is 0 Å². The van der Waals surface area contributed by atoms with Gasteiger partial charge < -0.3 is 15.5 Å². The predicted octanol–water partition coefficient (Wildman–Crippen LogP) is 3.78. The summed E-state index contributed by atoms with van der Waals surface area (Å²) >= 11 is 0. The molecule has 0 bridgehead atoms. The Hall–Kier alpha value is -3.44. The van der Waals surface area contributed by atoms with Gasteiger partial charge in [0.05, 0.1) is 18.0 Å². The second-order valence-electron chi connectivity index (χ2n) is 10.8. The number of hydrogen-bond acceptors (Lipinski definition) is 4. The number of aromatic nitrogens is 2. The first-order valence-corrected chi connectivity index (χ1v) is 13.3. The summed E-state index contributed by atoms with van der Waals surface area (Å²) < 4.78 is 54.6. The Bertz CT molecular complexity index is 1240. The summed E-state index contributed by atoms with van der Waals surface area (Å²) in [5, 5.41) is 9.62. The molecule has 2 aliphatic carbocycles. The zero-order valence-electron chi connectivity index (χ0n) is 21.5. The first-order chi connectivity index (χ1) is 18.5. The molecule has 1 aliphatic heterocycles. The summed E-state index contributed by atoms with van der Waals surface area (Å²) in [5.74, 6) is -3.16. The van der Waals surface area contributed by atoms with Gasteiger partial charge >= 0.3 is 6.18 Å². The number of likely N-dealkylation sites (tertiary alicyclic amines) is 1. The monoisotopic (exact) mass is 549 g/mol. The van der Waals surface area contributed by atoms with Crippen LogP contribution in [0.5, 0.6) is 0 Å². The van der Waals surface area contributed by atoms with Gasteiger partial charge in [-0.05, 0) is 74.1 Å². The van der Waals surface area contributed by atoms with Gasteiger partial charge in [0, 0.05) is 25.8 Å². The zero-order valence-corrected chi connectivity index (χ0v) is 21.5. The molecule has 3 aliphatic rings. The van der Waals surface area contributed by atoms with E-state index in [1.807, 2.05) is 6.92 Å². The smallest absolute Gasteiger partial charge is 0.341 e. The minimum absolute atomic E-state index is 0.0519. The molecule has 1 unspecified atom stereocenters. The lowest BCUT2D eigenvalue weighted by Crippen LogP contribution is -2.55. The molecule has 2 N–H and O–H groups in total. The van der Waals surface area contributed by atoms with Crippen molar-refractivity contribution in [2.75, 3.05) is 18.4 Å². The molecule has 2 heterocycles. The van der Waals surface area contributed by atoms with Gasteiger partial charge in [0.1, 0.15) is 17.6 Å². The zero-order chi connectivity index (χ0) is 27.9. The number of amides is 3. The maximum absolute atomic E-state index is 15.0. The van der Waals surface area contributed by atoms with Crippen LogP contribution in [0.15, 0.2) is 30.5 Å². The van der Waals surface area contributed by atoms with Crippen molar-refractivity contribution in [1.82, 2.24) is 20.0 Å². The van der Waals surface area contributed by atoms with Gasteiger partial charge in [-0.3, -0.25) is 19.1 Å². The molecule has 3 amide bonds. The summed E-state index contributed by atoms with van der Waals surface area (Å²) in [6.07, 6.45) is 0.847. The third kappa shape index (κ3) is 6.09. The van der Waals surface area contributed by atoms with Crippen molar-refractivity contribution in [3.8, 4) is 0 Å². The average molecular weight is 550 g/mol. The number of hydrogen-bond donors (Lipinski definition) is 2. The number of nitrogens with one attached hydrogen (secondary N) is 2. The fourth-order valence-electron chi connectivity index (χ4n) is 5.38. The molecule has 210 valence electrons. The number of anilines is 1. The van der Waals surface area contributed by atoms with Gasteiger partial charge in [0.2, 0.25) is 11.8 Å². The Kier molecular flexibility index (Phi) is 7.39. The molecule has 0 spiro atoms. The molecule has 0 radical (unpaired) electrons. The number of benzene rings is 1. The van der Waals surface area contributed by atoms with E-state index in [2.05, 4.69) is 15.7 Å². The SMILES string of the molecule is CCn1nccc1C(=O)NC(C(=O)Nc1ccc(CC(=O)N2CC(C(F)(F)F)C2)cc1F)C(C1CC1)C1CC1. The molecule has 3 fully saturated rings. The Labute approximate surface area is 223 Å². The first-order valence-electron chi connectivity index (χ1n) is 13.3. The fourth-order valence-corrected chi connectivity index (χ4v) is 5.38. The Morgan fingerprint density at radius 2 is 1.74 bits per heavy atom. The van der Waals surface area contributed by atoms with Gasteiger partial charge in [-0.2, -0.15) is 18.3 Å². The molecule has 1 atom stereocenters. The lowest BCUT2D eigenvalue weighted by molar-refractivity contribution is -0.209. The summed E-state index contributed by atoms with van der Waals surface area (Å²) in [6, 6.07) is 4.62. The average Bonchev–Trinajstić information content (AvgIpc) is 3.77. The van der Waals surface area contributed by atoms with Crippen molar-refractivity contribution in [2.45, 2.75) is 57.8 Å². The second-order valence-corrected chi connectivity index (χ2v) is 10.8. The largest absolute Gasteiger partial charge is 0.395 e. The van der Waals surface area contributed by atoms with Gasteiger partial charge in [-0.1, -0.05) is 6.07 Å². The summed E-state index contributed by atoms with van der Waals surface area (Å²) in [4.78, 5) is 40.0. The van der Waals surface area contributed by atoms with E-state index in [0.29, 0.717) is 24.1 Å². The van der Waals surface area contributed by atoms with Crippen molar-refractivity contribution < 1.29 is 31.9 Å². The quantitative estimate of drug-likeness (QED) is 0.441. The van der Waals surface area contributed by atoms with Gasteiger partial charge in [0.15, 0.2) is 0 Å². The van der Waals surface area contributed by atoms with Crippen molar-refractivity contribution in [3.63, 3.8) is 0 Å². The maximum Gasteiger partial charge on any atom is 0.395 e. The molecular weight excluding hydrogens is 518 g/mol. The lowest BCUT2D eigenvalue weighted by atomic mass is 9.88. The van der Waals surface area contributed by atoms with Crippen molar-refractivity contribution >= 4 is 23.4 Å². The maximum atomic E-state index is 15.0. The van der Waals surface area contributed by atoms with Crippen LogP contribution in [-0.4, -0.2) is 57.7 Å². The highest BCUT2D eigenvalue weighted by atomic mass is 19.4. The predicted molar refractivity (Wildman–Crippen MR) is 133 cm³/mol. The number of carbonyl (C=O) groups excluding carboxylic acids is 3. The summed E-state index contributed by atoms with van der Waals surface area (Å²) in [7, 11) is 0. The van der Waals surface area contributed by atoms with Crippen LogP contribution in [0.4, 0.5) is 23.2 Å². The summed E-state index contributed by atoms with van der Waals surface area (Å²) in [6.45, 7) is 1.55. The number of alkyl halides is 3. The molecule has 12 heteroatoms. The van der Waals surface area contributed by atoms with Crippen LogP contribution in [-0.2, 0) is 22.6 Å². The van der Waals surface area contributed by atoms with Crippen LogP contribution < -0.4 is 10.6 Å². The van der Waals surface area contributed by atoms with Gasteiger partial charge in [-0.15, -0.1) is 0 Å². The van der Waals surface area contributed by atoms with E-state index in [9.17, 15) is 31.9 Å². The molecular formula is C27H31F4N5O3. The van der Waals surface area contributed by atoms with Gasteiger partial charge in [-0.25, -0.2) is 4.39 Å². The Morgan fingerprint density at radius 3 is 2.31 bits per heavy atom. The second kappa shape index (κ2) is 10.6. The fraction of sp³-hybridized carbons (Fsp3) is 0.556. The van der Waals surface area contributed by atoms with E-state index in [-0.39, 0.29) is 23.6 Å². The van der Waals surface area contributed by atoms with Crippen LogP contribution in [0.1, 0.15) is 48.7 Å². The topological polar surface area (TPSA) is 96.3 Å². The number of rotatable bonds is 10. The van der Waals surface area contributed by atoms with E-state index >= 15 is 0 Å². The standard InChI is InChI=1S/C27H31F4N5O3/c1-2-36-21(9-10-32-36)25(38)34-24(23(16-4-5-16)17-6-7-17)26(39)33-20-8-3-15(11-19(20)28)12-22(37)35-13-18(14-35)27(29,30)31/h3,8-11,16-18,23-24H,2,4-7,12-14H2,1H3,(H,33,39)(H,34,38). The number of halogens is 4. The minimum Gasteiger partial charge on any atom is -0.341 e. The number of aryl methyl sites for hydroxylation is 1. The number of nitrogens with zero attached hydrogens (tertiary/aromatic N) is 3. The molecule has 1 aromatic heterocycles. The van der Waals surface area contributed by atoms with E-state index in [1.165, 1.54) is 23.0 Å². The third-order valence-corrected chi connectivity index (χ3v) is 7.88. The molecule has 2 saturated carbocycles. The van der Waals surface area contributed by atoms with E-state index < -0.39 is 54.8 Å². The van der Waals surface area contributed by atoms with E-state index in [1.54, 1.807) is 6.07 Å². The van der Waals surface area contributed by atoms with Crippen LogP contribution in [0, 0.1) is 29.5 Å². The Balaban J connectivity index is 1.26. The first kappa shape index (κ1) is 27.1. The molecule has 1 aromatic carbocycles. The van der Waals surface area contributed by atoms with Crippen LogP contribution >= 0.6 is 0 Å². The third-order valence-electron chi connectivity index (χ3n) is 7.88. The highest BCUT2D eigenvalue weighted by Crippen LogP contribution is 2.51. The number of carbonyl (C=O) groups is 3. The molecule has 5 rings (SSSR count). The van der Waals surface area contributed by atoms with Crippen molar-refractivity contribution in [3.05, 3.63) is 47.5 Å². The lowest BCUT2D eigenvalue weighted by Gasteiger charge is -2.40. The van der Waals surface area contributed by atoms with E-state index in [0.717, 1.165) is 36.6 Å². The van der Waals surface area contributed by atoms with Crippen LogP contribution in [0.25, 0.3) is 0 Å². The molecule has 39 heavy (non-hydrogen) atoms. The van der Waals surface area contributed by atoms with E-state index in [4.69, 9.17) is 0 Å². The highest BCUT2D eigenvalue weighted by molar-refractivity contribution is 6.01. The summed E-state index contributed by atoms with van der Waals surface area (Å²) in [5.41, 5.74) is 0.530. The van der Waals surface area contributed by atoms with Crippen molar-refractivity contribution in [2.24, 2.45) is 23.7 Å². The van der Waals surface area contributed by atoms with Gasteiger partial charge in [0.25, 0.3) is 5.91 Å². The molecule has 1 saturated heterocycles.